The van der Waals surface area contributed by atoms with Crippen LogP contribution < -0.4 is 5.32 Å². The van der Waals surface area contributed by atoms with Crippen molar-refractivity contribution in [2.24, 2.45) is 0 Å². The summed E-state index contributed by atoms with van der Waals surface area (Å²) in [6.07, 6.45) is 0. The first-order chi connectivity index (χ1) is 10.6. The fraction of sp³-hybridized carbons (Fsp3) is 0.0625. The molecule has 0 aliphatic heterocycles. The monoisotopic (exact) mass is 373 g/mol. The van der Waals surface area contributed by atoms with Crippen molar-refractivity contribution in [2.45, 2.75) is 6.92 Å². The van der Waals surface area contributed by atoms with Crippen LogP contribution in [0.15, 0.2) is 53.0 Å². The van der Waals surface area contributed by atoms with Gasteiger partial charge in [0.2, 0.25) is 5.13 Å². The van der Waals surface area contributed by atoms with Gasteiger partial charge in [-0.05, 0) is 41.1 Å². The van der Waals surface area contributed by atoms with Crippen molar-refractivity contribution in [2.75, 3.05) is 5.32 Å². The first-order valence-electron chi connectivity index (χ1n) is 6.60. The number of aryl methyl sites for hydroxylation is 1. The number of aromatic nitrogens is 2. The molecule has 0 saturated carbocycles. The van der Waals surface area contributed by atoms with Gasteiger partial charge in [0.05, 0.1) is 5.56 Å². The zero-order valence-corrected chi connectivity index (χ0v) is 14.1. The van der Waals surface area contributed by atoms with Gasteiger partial charge in [0.25, 0.3) is 5.91 Å². The van der Waals surface area contributed by atoms with Crippen LogP contribution >= 0.6 is 27.3 Å². The minimum atomic E-state index is -0.209. The Bertz CT molecular complexity index is 832. The highest BCUT2D eigenvalue weighted by molar-refractivity contribution is 9.10. The molecular weight excluding hydrogens is 362 g/mol. The molecule has 110 valence electrons. The van der Waals surface area contributed by atoms with Gasteiger partial charge < -0.3 is 0 Å². The number of benzene rings is 2. The highest BCUT2D eigenvalue weighted by atomic mass is 79.9. The Hall–Kier alpha value is -2.05. The van der Waals surface area contributed by atoms with Gasteiger partial charge in [0, 0.05) is 10.0 Å². The van der Waals surface area contributed by atoms with Crippen LogP contribution in [-0.2, 0) is 0 Å². The highest BCUT2D eigenvalue weighted by Gasteiger charge is 2.13. The van der Waals surface area contributed by atoms with Crippen molar-refractivity contribution in [1.82, 2.24) is 10.2 Å². The average Bonchev–Trinajstić information content (AvgIpc) is 2.96. The van der Waals surface area contributed by atoms with Crippen LogP contribution in [0.3, 0.4) is 0 Å². The van der Waals surface area contributed by atoms with Crippen LogP contribution in [0.1, 0.15) is 15.9 Å². The van der Waals surface area contributed by atoms with E-state index in [0.717, 1.165) is 20.6 Å². The summed E-state index contributed by atoms with van der Waals surface area (Å²) in [5.41, 5.74) is 2.72. The van der Waals surface area contributed by atoms with E-state index in [4.69, 9.17) is 0 Å². The van der Waals surface area contributed by atoms with Gasteiger partial charge in [-0.2, -0.15) is 0 Å². The van der Waals surface area contributed by atoms with Gasteiger partial charge in [0.15, 0.2) is 0 Å². The molecule has 0 aliphatic carbocycles. The van der Waals surface area contributed by atoms with E-state index in [0.29, 0.717) is 10.7 Å². The van der Waals surface area contributed by atoms with Gasteiger partial charge in [-0.3, -0.25) is 10.1 Å². The molecule has 0 atom stereocenters. The zero-order chi connectivity index (χ0) is 15.5. The maximum absolute atomic E-state index is 12.2. The SMILES string of the molecule is Cc1cccc(-c2nnc(NC(=O)c3ccccc3Br)s2)c1. The van der Waals surface area contributed by atoms with E-state index < -0.39 is 0 Å². The van der Waals surface area contributed by atoms with E-state index in [9.17, 15) is 4.79 Å². The minimum Gasteiger partial charge on any atom is -0.296 e. The Labute approximate surface area is 140 Å². The fourth-order valence-corrected chi connectivity index (χ4v) is 3.18. The Balaban J connectivity index is 1.80. The molecule has 1 amide bonds. The molecule has 3 rings (SSSR count). The van der Waals surface area contributed by atoms with E-state index in [2.05, 4.69) is 31.4 Å². The molecule has 0 bridgehead atoms. The average molecular weight is 374 g/mol. The molecule has 1 aromatic heterocycles. The second-order valence-electron chi connectivity index (χ2n) is 4.72. The molecule has 3 aromatic rings. The fourth-order valence-electron chi connectivity index (χ4n) is 1.98. The maximum atomic E-state index is 12.2. The maximum Gasteiger partial charge on any atom is 0.258 e. The quantitative estimate of drug-likeness (QED) is 0.733. The summed E-state index contributed by atoms with van der Waals surface area (Å²) in [7, 11) is 0. The predicted molar refractivity (Wildman–Crippen MR) is 92.2 cm³/mol. The third-order valence-electron chi connectivity index (χ3n) is 3.03. The van der Waals surface area contributed by atoms with Crippen LogP contribution in [0.2, 0.25) is 0 Å². The summed E-state index contributed by atoms with van der Waals surface area (Å²) < 4.78 is 0.746. The van der Waals surface area contributed by atoms with Gasteiger partial charge in [-0.15, -0.1) is 10.2 Å². The molecule has 0 saturated heterocycles. The normalized spacial score (nSPS) is 10.5. The van der Waals surface area contributed by atoms with Crippen LogP contribution in [0.25, 0.3) is 10.6 Å². The van der Waals surface area contributed by atoms with Gasteiger partial charge in [-0.25, -0.2) is 0 Å². The topological polar surface area (TPSA) is 54.9 Å². The van der Waals surface area contributed by atoms with Crippen molar-refractivity contribution < 1.29 is 4.79 Å². The molecule has 0 unspecified atom stereocenters. The van der Waals surface area contributed by atoms with Crippen molar-refractivity contribution >= 4 is 38.3 Å². The molecule has 1 N–H and O–H groups in total. The summed E-state index contributed by atoms with van der Waals surface area (Å²) in [4.78, 5) is 12.2. The molecule has 6 heteroatoms. The molecule has 0 aliphatic rings. The number of carbonyl (C=O) groups excluding carboxylic acids is 1. The summed E-state index contributed by atoms with van der Waals surface area (Å²) in [5.74, 6) is -0.209. The number of amides is 1. The second kappa shape index (κ2) is 6.37. The molecule has 4 nitrogen and oxygen atoms in total. The lowest BCUT2D eigenvalue weighted by Crippen LogP contribution is -2.12. The highest BCUT2D eigenvalue weighted by Crippen LogP contribution is 2.27. The smallest absolute Gasteiger partial charge is 0.258 e. The minimum absolute atomic E-state index is 0.209. The number of hydrogen-bond donors (Lipinski definition) is 1. The van der Waals surface area contributed by atoms with E-state index in [1.54, 1.807) is 6.07 Å². The lowest BCUT2D eigenvalue weighted by atomic mass is 10.1. The van der Waals surface area contributed by atoms with Crippen molar-refractivity contribution in [3.05, 3.63) is 64.1 Å². The molecule has 22 heavy (non-hydrogen) atoms. The van der Waals surface area contributed by atoms with Gasteiger partial charge in [-0.1, -0.05) is 47.2 Å². The lowest BCUT2D eigenvalue weighted by Gasteiger charge is -2.02. The van der Waals surface area contributed by atoms with Crippen LogP contribution in [0.4, 0.5) is 5.13 Å². The standard InChI is InChI=1S/C16H12BrN3OS/c1-10-5-4-6-11(9-10)15-19-20-16(22-15)18-14(21)12-7-2-3-8-13(12)17/h2-9H,1H3,(H,18,20,21). The summed E-state index contributed by atoms with van der Waals surface area (Å²) in [6.45, 7) is 2.03. The van der Waals surface area contributed by atoms with Crippen molar-refractivity contribution in [3.8, 4) is 10.6 Å². The zero-order valence-electron chi connectivity index (χ0n) is 11.7. The third kappa shape index (κ3) is 3.23. The number of halogens is 1. The Morgan fingerprint density at radius 1 is 1.14 bits per heavy atom. The van der Waals surface area contributed by atoms with Gasteiger partial charge in [0.1, 0.15) is 5.01 Å². The molecular formula is C16H12BrN3OS. The van der Waals surface area contributed by atoms with Crippen molar-refractivity contribution in [3.63, 3.8) is 0 Å². The summed E-state index contributed by atoms with van der Waals surface area (Å²) in [6, 6.07) is 15.3. The first-order valence-corrected chi connectivity index (χ1v) is 8.21. The largest absolute Gasteiger partial charge is 0.296 e. The Morgan fingerprint density at radius 2 is 1.95 bits per heavy atom. The van der Waals surface area contributed by atoms with E-state index >= 15 is 0 Å². The molecule has 0 radical (unpaired) electrons. The van der Waals surface area contributed by atoms with Gasteiger partial charge >= 0.3 is 0 Å². The second-order valence-corrected chi connectivity index (χ2v) is 6.55. The van der Waals surface area contributed by atoms with Crippen LogP contribution in [-0.4, -0.2) is 16.1 Å². The number of hydrogen-bond acceptors (Lipinski definition) is 4. The number of rotatable bonds is 3. The third-order valence-corrected chi connectivity index (χ3v) is 4.61. The molecule has 0 fully saturated rings. The number of nitrogens with zero attached hydrogens (tertiary/aromatic N) is 2. The molecule has 0 spiro atoms. The van der Waals surface area contributed by atoms with E-state index in [1.807, 2.05) is 49.4 Å². The van der Waals surface area contributed by atoms with Crippen LogP contribution in [0.5, 0.6) is 0 Å². The summed E-state index contributed by atoms with van der Waals surface area (Å²) in [5, 5.41) is 12.2. The number of nitrogens with one attached hydrogen (secondary N) is 1. The number of carbonyl (C=O) groups is 1. The van der Waals surface area contributed by atoms with Crippen LogP contribution in [0, 0.1) is 6.92 Å². The molecule has 2 aromatic carbocycles. The lowest BCUT2D eigenvalue weighted by molar-refractivity contribution is 0.102. The van der Waals surface area contributed by atoms with E-state index in [1.165, 1.54) is 11.3 Å². The summed E-state index contributed by atoms with van der Waals surface area (Å²) >= 11 is 4.72. The molecule has 1 heterocycles. The van der Waals surface area contributed by atoms with E-state index in [-0.39, 0.29) is 5.91 Å². The Kier molecular flexibility index (Phi) is 4.31. The number of anilines is 1. The van der Waals surface area contributed by atoms with Crippen molar-refractivity contribution in [1.29, 1.82) is 0 Å². The predicted octanol–water partition coefficient (Wildman–Crippen LogP) is 4.53. The Morgan fingerprint density at radius 3 is 2.73 bits per heavy atom. The first kappa shape index (κ1) is 14.9.